The summed E-state index contributed by atoms with van der Waals surface area (Å²) in [5.74, 6) is 0.370. The number of carboxylic acid groups (broad SMARTS) is 1. The van der Waals surface area contributed by atoms with Gasteiger partial charge in [0, 0.05) is 17.9 Å². The molecule has 2 aliphatic carbocycles. The average Bonchev–Trinajstić information content (AvgIpc) is 3.12. The SMILES string of the molecule is O=C(O)/C=C/c1sc(C2CC2)nc1C1CC1. The molecule has 0 bridgehead atoms. The molecule has 1 aromatic rings. The van der Waals surface area contributed by atoms with Gasteiger partial charge in [-0.25, -0.2) is 9.78 Å². The van der Waals surface area contributed by atoms with Crippen LogP contribution in [0.2, 0.25) is 0 Å². The third-order valence-corrected chi connectivity index (χ3v) is 4.16. The van der Waals surface area contributed by atoms with Crippen LogP contribution in [0.5, 0.6) is 0 Å². The molecule has 84 valence electrons. The zero-order chi connectivity index (χ0) is 11.1. The van der Waals surface area contributed by atoms with Gasteiger partial charge in [0.25, 0.3) is 0 Å². The van der Waals surface area contributed by atoms with Crippen LogP contribution >= 0.6 is 11.3 Å². The van der Waals surface area contributed by atoms with Crippen molar-refractivity contribution in [3.05, 3.63) is 21.7 Å². The zero-order valence-corrected chi connectivity index (χ0v) is 9.67. The van der Waals surface area contributed by atoms with Crippen LogP contribution in [-0.2, 0) is 4.79 Å². The molecule has 3 rings (SSSR count). The Bertz CT molecular complexity index is 456. The number of thiazole rings is 1. The molecule has 2 aliphatic rings. The normalized spacial score (nSPS) is 20.5. The van der Waals surface area contributed by atoms with E-state index in [0.717, 1.165) is 10.6 Å². The van der Waals surface area contributed by atoms with Crippen LogP contribution < -0.4 is 0 Å². The number of hydrogen-bond donors (Lipinski definition) is 1. The maximum absolute atomic E-state index is 10.5. The number of nitrogens with zero attached hydrogens (tertiary/aromatic N) is 1. The summed E-state index contributed by atoms with van der Waals surface area (Å²) in [4.78, 5) is 16.3. The van der Waals surface area contributed by atoms with E-state index >= 15 is 0 Å². The fraction of sp³-hybridized carbons (Fsp3) is 0.500. The first-order valence-electron chi connectivity index (χ1n) is 5.65. The van der Waals surface area contributed by atoms with Crippen LogP contribution in [0, 0.1) is 0 Å². The van der Waals surface area contributed by atoms with Crippen molar-refractivity contribution >= 4 is 23.4 Å². The summed E-state index contributed by atoms with van der Waals surface area (Å²) in [6.45, 7) is 0. The first-order valence-corrected chi connectivity index (χ1v) is 6.47. The number of carbonyl (C=O) groups is 1. The lowest BCUT2D eigenvalue weighted by Gasteiger charge is -1.91. The summed E-state index contributed by atoms with van der Waals surface area (Å²) in [5.41, 5.74) is 1.14. The van der Waals surface area contributed by atoms with Gasteiger partial charge in [-0.1, -0.05) is 0 Å². The topological polar surface area (TPSA) is 50.2 Å². The first-order chi connectivity index (χ1) is 7.74. The lowest BCUT2D eigenvalue weighted by molar-refractivity contribution is -0.131. The second kappa shape index (κ2) is 3.70. The monoisotopic (exact) mass is 235 g/mol. The lowest BCUT2D eigenvalue weighted by Crippen LogP contribution is -1.87. The van der Waals surface area contributed by atoms with Crippen molar-refractivity contribution in [1.29, 1.82) is 0 Å². The van der Waals surface area contributed by atoms with Gasteiger partial charge < -0.3 is 5.11 Å². The number of aliphatic carboxylic acids is 1. The van der Waals surface area contributed by atoms with E-state index in [1.807, 2.05) is 0 Å². The minimum absolute atomic E-state index is 0.595. The average molecular weight is 235 g/mol. The van der Waals surface area contributed by atoms with Crippen LogP contribution in [0.15, 0.2) is 6.08 Å². The quantitative estimate of drug-likeness (QED) is 0.816. The Balaban J connectivity index is 1.90. The van der Waals surface area contributed by atoms with Crippen LogP contribution in [-0.4, -0.2) is 16.1 Å². The summed E-state index contributed by atoms with van der Waals surface area (Å²) in [5, 5.41) is 9.86. The second-order valence-corrected chi connectivity index (χ2v) is 5.58. The lowest BCUT2D eigenvalue weighted by atomic mass is 10.2. The number of rotatable bonds is 4. The van der Waals surface area contributed by atoms with E-state index in [4.69, 9.17) is 5.11 Å². The summed E-state index contributed by atoms with van der Waals surface area (Å²) < 4.78 is 0. The van der Waals surface area contributed by atoms with E-state index in [2.05, 4.69) is 4.98 Å². The maximum Gasteiger partial charge on any atom is 0.328 e. The number of hydrogen-bond acceptors (Lipinski definition) is 3. The molecule has 2 fully saturated rings. The molecule has 16 heavy (non-hydrogen) atoms. The van der Waals surface area contributed by atoms with Gasteiger partial charge in [0.2, 0.25) is 0 Å². The van der Waals surface area contributed by atoms with Gasteiger partial charge in [0.05, 0.1) is 15.6 Å². The third kappa shape index (κ3) is 2.02. The van der Waals surface area contributed by atoms with Gasteiger partial charge in [-0.05, 0) is 31.8 Å². The summed E-state index contributed by atoms with van der Waals surface area (Å²) >= 11 is 1.68. The van der Waals surface area contributed by atoms with Gasteiger partial charge >= 0.3 is 5.97 Å². The number of carboxylic acids is 1. The van der Waals surface area contributed by atoms with Crippen LogP contribution in [0.25, 0.3) is 6.08 Å². The minimum atomic E-state index is -0.886. The summed E-state index contributed by atoms with van der Waals surface area (Å²) in [6.07, 6.45) is 7.85. The first kappa shape index (κ1) is 10.0. The molecule has 0 saturated heterocycles. The molecule has 2 saturated carbocycles. The van der Waals surface area contributed by atoms with E-state index in [1.54, 1.807) is 17.4 Å². The highest BCUT2D eigenvalue weighted by molar-refractivity contribution is 7.12. The molecule has 4 heteroatoms. The van der Waals surface area contributed by atoms with Gasteiger partial charge in [-0.3, -0.25) is 0 Å². The highest BCUT2D eigenvalue weighted by atomic mass is 32.1. The van der Waals surface area contributed by atoms with E-state index in [-0.39, 0.29) is 0 Å². The molecule has 0 aromatic carbocycles. The molecule has 0 spiro atoms. The molecule has 1 N–H and O–H groups in total. The Labute approximate surface area is 97.8 Å². The predicted molar refractivity (Wildman–Crippen MR) is 62.7 cm³/mol. The molecule has 0 radical (unpaired) electrons. The van der Waals surface area contributed by atoms with Gasteiger partial charge in [-0.15, -0.1) is 11.3 Å². The maximum atomic E-state index is 10.5. The van der Waals surface area contributed by atoms with Crippen molar-refractivity contribution in [1.82, 2.24) is 4.98 Å². The van der Waals surface area contributed by atoms with Crippen molar-refractivity contribution in [2.75, 3.05) is 0 Å². The minimum Gasteiger partial charge on any atom is -0.478 e. The highest BCUT2D eigenvalue weighted by Gasteiger charge is 2.33. The molecular weight excluding hydrogens is 222 g/mol. The molecule has 0 atom stereocenters. The van der Waals surface area contributed by atoms with E-state index in [1.165, 1.54) is 36.8 Å². The second-order valence-electron chi connectivity index (χ2n) is 4.52. The van der Waals surface area contributed by atoms with Crippen LogP contribution in [0.3, 0.4) is 0 Å². The molecule has 0 aliphatic heterocycles. The van der Waals surface area contributed by atoms with Gasteiger partial charge in [0.1, 0.15) is 0 Å². The summed E-state index contributed by atoms with van der Waals surface area (Å²) in [7, 11) is 0. The van der Waals surface area contributed by atoms with Crippen molar-refractivity contribution in [2.24, 2.45) is 0 Å². The van der Waals surface area contributed by atoms with Gasteiger partial charge in [0.15, 0.2) is 0 Å². The Morgan fingerprint density at radius 2 is 2.00 bits per heavy atom. The standard InChI is InChI=1S/C12H13NO2S/c14-10(15)6-5-9-11(7-1-2-7)13-12(16-9)8-3-4-8/h5-8H,1-4H2,(H,14,15)/b6-5+. The largest absolute Gasteiger partial charge is 0.478 e. The fourth-order valence-corrected chi connectivity index (χ4v) is 3.01. The highest BCUT2D eigenvalue weighted by Crippen LogP contribution is 2.48. The van der Waals surface area contributed by atoms with Crippen molar-refractivity contribution in [2.45, 2.75) is 37.5 Å². The van der Waals surface area contributed by atoms with Crippen LogP contribution in [0.1, 0.15) is 53.1 Å². The van der Waals surface area contributed by atoms with E-state index in [9.17, 15) is 4.79 Å². The van der Waals surface area contributed by atoms with Crippen molar-refractivity contribution in [3.63, 3.8) is 0 Å². The Hall–Kier alpha value is -1.16. The zero-order valence-electron chi connectivity index (χ0n) is 8.85. The van der Waals surface area contributed by atoms with E-state index < -0.39 is 5.97 Å². The molecular formula is C12H13NO2S. The Morgan fingerprint density at radius 1 is 1.31 bits per heavy atom. The molecule has 1 heterocycles. The Morgan fingerprint density at radius 3 is 2.56 bits per heavy atom. The smallest absolute Gasteiger partial charge is 0.328 e. The fourth-order valence-electron chi connectivity index (χ4n) is 1.78. The van der Waals surface area contributed by atoms with Gasteiger partial charge in [-0.2, -0.15) is 0 Å². The Kier molecular flexibility index (Phi) is 2.32. The molecule has 3 nitrogen and oxygen atoms in total. The summed E-state index contributed by atoms with van der Waals surface area (Å²) in [6, 6.07) is 0. The van der Waals surface area contributed by atoms with Crippen molar-refractivity contribution in [3.8, 4) is 0 Å². The predicted octanol–water partition coefficient (Wildman–Crippen LogP) is 3.00. The van der Waals surface area contributed by atoms with Crippen LogP contribution in [0.4, 0.5) is 0 Å². The van der Waals surface area contributed by atoms with E-state index in [0.29, 0.717) is 11.8 Å². The number of aromatic nitrogens is 1. The molecule has 0 unspecified atom stereocenters. The molecule has 0 amide bonds. The van der Waals surface area contributed by atoms with Crippen molar-refractivity contribution < 1.29 is 9.90 Å². The third-order valence-electron chi connectivity index (χ3n) is 2.97. The molecule has 1 aromatic heterocycles.